The Morgan fingerprint density at radius 3 is 2.70 bits per heavy atom. The summed E-state index contributed by atoms with van der Waals surface area (Å²) < 4.78 is 32.9. The predicted octanol–water partition coefficient (Wildman–Crippen LogP) is 4.10. The SMILES string of the molecule is CCOC(=O)[C@H]1C2CCC(CC2)[C@@H]1Nc1nc(Cl)nn2c(C(F)F)ccc12. The number of esters is 1. The highest BCUT2D eigenvalue weighted by atomic mass is 35.5. The van der Waals surface area contributed by atoms with Crippen molar-refractivity contribution in [3.8, 4) is 0 Å². The van der Waals surface area contributed by atoms with Gasteiger partial charge in [0, 0.05) is 6.04 Å². The first-order valence-electron chi connectivity index (χ1n) is 9.26. The van der Waals surface area contributed by atoms with Crippen molar-refractivity contribution >= 4 is 28.9 Å². The van der Waals surface area contributed by atoms with Crippen LogP contribution in [0.2, 0.25) is 5.28 Å². The van der Waals surface area contributed by atoms with Crippen LogP contribution in [-0.2, 0) is 9.53 Å². The average Bonchev–Trinajstić information content (AvgIpc) is 3.07. The van der Waals surface area contributed by atoms with E-state index in [1.807, 2.05) is 0 Å². The molecular formula is C18H21ClF2N4O2. The molecule has 9 heteroatoms. The summed E-state index contributed by atoms with van der Waals surface area (Å²) in [4.78, 5) is 16.8. The molecular weight excluding hydrogens is 378 g/mol. The molecule has 2 bridgehead atoms. The van der Waals surface area contributed by atoms with E-state index in [1.54, 1.807) is 13.0 Å². The number of aromatic nitrogens is 3. The minimum absolute atomic E-state index is 0.128. The van der Waals surface area contributed by atoms with Crippen LogP contribution in [0.1, 0.15) is 44.7 Å². The molecule has 0 aromatic carbocycles. The van der Waals surface area contributed by atoms with E-state index in [0.717, 1.165) is 30.2 Å². The van der Waals surface area contributed by atoms with E-state index in [9.17, 15) is 13.6 Å². The van der Waals surface area contributed by atoms with Gasteiger partial charge in [-0.1, -0.05) is 0 Å². The minimum Gasteiger partial charge on any atom is -0.466 e. The quantitative estimate of drug-likeness (QED) is 0.768. The molecule has 0 radical (unpaired) electrons. The van der Waals surface area contributed by atoms with Crippen molar-refractivity contribution < 1.29 is 18.3 Å². The number of fused-ring (bicyclic) bond motifs is 4. The van der Waals surface area contributed by atoms with Crippen LogP contribution in [-0.4, -0.2) is 33.2 Å². The first kappa shape index (κ1) is 18.4. The topological polar surface area (TPSA) is 68.5 Å². The molecule has 2 heterocycles. The van der Waals surface area contributed by atoms with E-state index < -0.39 is 6.43 Å². The Balaban J connectivity index is 1.70. The molecule has 0 amide bonds. The number of carbonyl (C=O) groups excluding carboxylic acids is 1. The van der Waals surface area contributed by atoms with E-state index in [2.05, 4.69) is 15.4 Å². The summed E-state index contributed by atoms with van der Waals surface area (Å²) >= 11 is 5.98. The van der Waals surface area contributed by atoms with Gasteiger partial charge in [0.15, 0.2) is 5.82 Å². The molecule has 0 saturated heterocycles. The van der Waals surface area contributed by atoms with Crippen molar-refractivity contribution in [2.24, 2.45) is 17.8 Å². The number of carbonyl (C=O) groups is 1. The third kappa shape index (κ3) is 3.24. The Morgan fingerprint density at radius 2 is 2.04 bits per heavy atom. The Morgan fingerprint density at radius 1 is 1.33 bits per heavy atom. The van der Waals surface area contributed by atoms with Crippen molar-refractivity contribution in [2.75, 3.05) is 11.9 Å². The summed E-state index contributed by atoms with van der Waals surface area (Å²) in [6.45, 7) is 2.13. The fourth-order valence-electron chi connectivity index (χ4n) is 4.65. The van der Waals surface area contributed by atoms with Crippen molar-refractivity contribution in [3.63, 3.8) is 0 Å². The first-order valence-corrected chi connectivity index (χ1v) is 9.64. The summed E-state index contributed by atoms with van der Waals surface area (Å²) in [6, 6.07) is 2.70. The van der Waals surface area contributed by atoms with Gasteiger partial charge in [0.25, 0.3) is 6.43 Å². The number of halogens is 3. The van der Waals surface area contributed by atoms with Gasteiger partial charge in [-0.05, 0) is 68.2 Å². The van der Waals surface area contributed by atoms with E-state index in [4.69, 9.17) is 16.3 Å². The number of hydrogen-bond acceptors (Lipinski definition) is 5. The second-order valence-corrected chi connectivity index (χ2v) is 7.55. The second-order valence-electron chi connectivity index (χ2n) is 7.21. The number of nitrogens with zero attached hydrogens (tertiary/aromatic N) is 3. The van der Waals surface area contributed by atoms with Crippen LogP contribution in [0.4, 0.5) is 14.6 Å². The lowest BCUT2D eigenvalue weighted by atomic mass is 9.61. The fraction of sp³-hybridized carbons (Fsp3) is 0.611. The molecule has 3 saturated carbocycles. The minimum atomic E-state index is -2.68. The molecule has 3 fully saturated rings. The zero-order valence-electron chi connectivity index (χ0n) is 14.9. The third-order valence-corrected chi connectivity index (χ3v) is 5.98. The molecule has 2 atom stereocenters. The van der Waals surface area contributed by atoms with Gasteiger partial charge < -0.3 is 10.1 Å². The van der Waals surface area contributed by atoms with Crippen molar-refractivity contribution in [3.05, 3.63) is 23.1 Å². The molecule has 3 aliphatic carbocycles. The number of alkyl halides is 2. The van der Waals surface area contributed by atoms with Crippen LogP contribution < -0.4 is 5.32 Å². The van der Waals surface area contributed by atoms with Gasteiger partial charge in [0.2, 0.25) is 5.28 Å². The zero-order valence-corrected chi connectivity index (χ0v) is 15.6. The normalized spacial score (nSPS) is 27.3. The molecule has 27 heavy (non-hydrogen) atoms. The van der Waals surface area contributed by atoms with Gasteiger partial charge in [-0.15, -0.1) is 5.10 Å². The van der Waals surface area contributed by atoms with Crippen molar-refractivity contribution in [2.45, 2.75) is 45.1 Å². The zero-order chi connectivity index (χ0) is 19.1. The monoisotopic (exact) mass is 398 g/mol. The van der Waals surface area contributed by atoms with Crippen LogP contribution in [0.5, 0.6) is 0 Å². The predicted molar refractivity (Wildman–Crippen MR) is 95.9 cm³/mol. The molecule has 2 aromatic rings. The molecule has 5 rings (SSSR count). The van der Waals surface area contributed by atoms with Gasteiger partial charge in [0.1, 0.15) is 11.2 Å². The van der Waals surface area contributed by atoms with E-state index in [-0.39, 0.29) is 34.8 Å². The molecule has 6 nitrogen and oxygen atoms in total. The lowest BCUT2D eigenvalue weighted by molar-refractivity contribution is -0.154. The maximum atomic E-state index is 13.2. The van der Waals surface area contributed by atoms with Gasteiger partial charge >= 0.3 is 5.97 Å². The van der Waals surface area contributed by atoms with Gasteiger partial charge in [-0.25, -0.2) is 13.3 Å². The lowest BCUT2D eigenvalue weighted by Gasteiger charge is -2.47. The van der Waals surface area contributed by atoms with Gasteiger partial charge in [-0.2, -0.15) is 4.98 Å². The summed E-state index contributed by atoms with van der Waals surface area (Å²) in [6.07, 6.45) is 1.39. The summed E-state index contributed by atoms with van der Waals surface area (Å²) in [5, 5.41) is 7.11. The third-order valence-electron chi connectivity index (χ3n) is 5.82. The standard InChI is InChI=1S/C18H21ClF2N4O2/c1-2-27-17(26)13-9-3-5-10(6-4-9)14(13)22-16-12-8-7-11(15(20)21)25(12)24-18(19)23-16/h7-10,13-15H,2-6H2,1H3,(H,22,23,24)/t9?,10?,13-,14-/m0/s1. The van der Waals surface area contributed by atoms with Crippen LogP contribution in [0.25, 0.3) is 5.52 Å². The maximum absolute atomic E-state index is 13.2. The molecule has 2 aromatic heterocycles. The molecule has 146 valence electrons. The van der Waals surface area contributed by atoms with Crippen molar-refractivity contribution in [1.82, 2.24) is 14.6 Å². The van der Waals surface area contributed by atoms with Gasteiger partial charge in [-0.3, -0.25) is 4.79 Å². The van der Waals surface area contributed by atoms with Crippen LogP contribution >= 0.6 is 11.6 Å². The highest BCUT2D eigenvalue weighted by Crippen LogP contribution is 2.47. The summed E-state index contributed by atoms with van der Waals surface area (Å²) in [5.74, 6) is 0.472. The van der Waals surface area contributed by atoms with Crippen LogP contribution in [0.3, 0.4) is 0 Å². The highest BCUT2D eigenvalue weighted by Gasteiger charge is 2.48. The van der Waals surface area contributed by atoms with Crippen molar-refractivity contribution in [1.29, 1.82) is 0 Å². The Hall–Kier alpha value is -1.96. The van der Waals surface area contributed by atoms with E-state index in [1.165, 1.54) is 6.07 Å². The largest absolute Gasteiger partial charge is 0.466 e. The van der Waals surface area contributed by atoms with Crippen LogP contribution in [0, 0.1) is 17.8 Å². The Labute approximate surface area is 160 Å². The highest BCUT2D eigenvalue weighted by molar-refractivity contribution is 6.28. The number of nitrogens with one attached hydrogen (secondary N) is 1. The number of hydrogen-bond donors (Lipinski definition) is 1. The number of anilines is 1. The first-order chi connectivity index (χ1) is 13.0. The van der Waals surface area contributed by atoms with Crippen LogP contribution in [0.15, 0.2) is 12.1 Å². The average molecular weight is 399 g/mol. The Bertz CT molecular complexity index is 851. The summed E-state index contributed by atoms with van der Waals surface area (Å²) in [7, 11) is 0. The molecule has 0 aliphatic heterocycles. The lowest BCUT2D eigenvalue weighted by Crippen LogP contribution is -2.52. The molecule has 1 N–H and O–H groups in total. The second kappa shape index (κ2) is 7.22. The van der Waals surface area contributed by atoms with Gasteiger partial charge in [0.05, 0.1) is 12.5 Å². The van der Waals surface area contributed by atoms with E-state index in [0.29, 0.717) is 23.9 Å². The molecule has 3 aliphatic rings. The molecule has 0 unspecified atom stereocenters. The number of ether oxygens (including phenoxy) is 1. The number of rotatable bonds is 5. The molecule has 0 spiro atoms. The smallest absolute Gasteiger partial charge is 0.311 e. The maximum Gasteiger partial charge on any atom is 0.311 e. The van der Waals surface area contributed by atoms with E-state index >= 15 is 0 Å². The summed E-state index contributed by atoms with van der Waals surface area (Å²) in [5.41, 5.74) is 0.170. The fourth-order valence-corrected chi connectivity index (χ4v) is 4.81. The Kier molecular flexibility index (Phi) is 4.92.